The Hall–Kier alpha value is -0.860. The fraction of sp³-hybridized carbons (Fsp3) is 0.500. The van der Waals surface area contributed by atoms with Crippen molar-refractivity contribution in [3.05, 3.63) is 35.4 Å². The van der Waals surface area contributed by atoms with Crippen LogP contribution in [0.4, 0.5) is 0 Å². The first-order valence-corrected chi connectivity index (χ1v) is 5.27. The van der Waals surface area contributed by atoms with E-state index in [0.717, 1.165) is 32.6 Å². The van der Waals surface area contributed by atoms with Gasteiger partial charge in [-0.3, -0.25) is 0 Å². The van der Waals surface area contributed by atoms with Crippen LogP contribution in [0.3, 0.4) is 0 Å². The Morgan fingerprint density at radius 3 is 2.71 bits per heavy atom. The first kappa shape index (κ1) is 9.69. The molecule has 1 fully saturated rings. The minimum atomic E-state index is 0.629. The molecule has 1 saturated heterocycles. The van der Waals surface area contributed by atoms with Crippen LogP contribution in [0, 0.1) is 0 Å². The molecule has 1 aromatic carbocycles. The number of ether oxygens (including phenoxy) is 1. The van der Waals surface area contributed by atoms with Gasteiger partial charge in [-0.1, -0.05) is 24.3 Å². The lowest BCUT2D eigenvalue weighted by Crippen LogP contribution is -2.26. The lowest BCUT2D eigenvalue weighted by Gasteiger charge is -2.28. The Bertz CT molecular complexity index is 294. The fourth-order valence-electron chi connectivity index (χ4n) is 1.87. The highest BCUT2D eigenvalue weighted by atomic mass is 16.5. The molecule has 0 saturated carbocycles. The molecule has 2 nitrogen and oxygen atoms in total. The lowest BCUT2D eigenvalue weighted by atomic mass is 9.91. The Morgan fingerprint density at radius 1 is 1.29 bits per heavy atom. The summed E-state index contributed by atoms with van der Waals surface area (Å²) >= 11 is 0. The van der Waals surface area contributed by atoms with Gasteiger partial charge in [-0.25, -0.2) is 0 Å². The maximum absolute atomic E-state index is 5.52. The number of nitrogens with two attached hydrogens (primary N) is 1. The maximum Gasteiger partial charge on any atom is 0.0557 e. The molecule has 2 N–H and O–H groups in total. The molecule has 2 heteroatoms. The van der Waals surface area contributed by atoms with Crippen molar-refractivity contribution >= 4 is 0 Å². The summed E-state index contributed by atoms with van der Waals surface area (Å²) < 4.78 is 5.22. The summed E-state index contributed by atoms with van der Waals surface area (Å²) in [5, 5.41) is 0. The van der Waals surface area contributed by atoms with Crippen molar-refractivity contribution in [2.75, 3.05) is 19.8 Å². The van der Waals surface area contributed by atoms with Crippen LogP contribution < -0.4 is 5.73 Å². The molecule has 1 aliphatic heterocycles. The van der Waals surface area contributed by atoms with Crippen molar-refractivity contribution in [2.24, 2.45) is 5.73 Å². The van der Waals surface area contributed by atoms with Crippen LogP contribution in [0.1, 0.15) is 23.5 Å². The van der Waals surface area contributed by atoms with Crippen molar-refractivity contribution in [2.45, 2.75) is 18.8 Å². The summed E-state index contributed by atoms with van der Waals surface area (Å²) in [4.78, 5) is 0. The summed E-state index contributed by atoms with van der Waals surface area (Å²) in [6, 6.07) is 8.65. The molecule has 76 valence electrons. The Labute approximate surface area is 85.1 Å². The van der Waals surface area contributed by atoms with Gasteiger partial charge in [0.25, 0.3) is 0 Å². The van der Waals surface area contributed by atoms with Gasteiger partial charge in [-0.2, -0.15) is 0 Å². The highest BCUT2D eigenvalue weighted by Crippen LogP contribution is 2.27. The predicted molar refractivity (Wildman–Crippen MR) is 57.4 cm³/mol. The van der Waals surface area contributed by atoms with E-state index in [1.807, 2.05) is 0 Å². The van der Waals surface area contributed by atoms with Crippen molar-refractivity contribution in [3.8, 4) is 0 Å². The highest BCUT2D eigenvalue weighted by molar-refractivity contribution is 5.31. The molecular weight excluding hydrogens is 174 g/mol. The van der Waals surface area contributed by atoms with E-state index >= 15 is 0 Å². The molecule has 1 aromatic rings. The minimum Gasteiger partial charge on any atom is -0.380 e. The molecule has 1 heterocycles. The van der Waals surface area contributed by atoms with Crippen LogP contribution in [0.5, 0.6) is 0 Å². The van der Waals surface area contributed by atoms with Gasteiger partial charge in [-0.05, 0) is 30.5 Å². The van der Waals surface area contributed by atoms with Gasteiger partial charge in [0.1, 0.15) is 0 Å². The van der Waals surface area contributed by atoms with E-state index in [9.17, 15) is 0 Å². The molecule has 1 aliphatic rings. The summed E-state index contributed by atoms with van der Waals surface area (Å²) in [6.45, 7) is 2.55. The SMILES string of the molecule is NCCCc1ccccc1C1COC1. The zero-order valence-corrected chi connectivity index (χ0v) is 8.41. The van der Waals surface area contributed by atoms with Gasteiger partial charge < -0.3 is 10.5 Å². The molecule has 0 unspecified atom stereocenters. The van der Waals surface area contributed by atoms with Gasteiger partial charge >= 0.3 is 0 Å². The van der Waals surface area contributed by atoms with Crippen molar-refractivity contribution in [1.29, 1.82) is 0 Å². The molecule has 2 rings (SSSR count). The number of hydrogen-bond donors (Lipinski definition) is 1. The van der Waals surface area contributed by atoms with Gasteiger partial charge in [0, 0.05) is 5.92 Å². The first-order chi connectivity index (χ1) is 6.92. The van der Waals surface area contributed by atoms with Gasteiger partial charge in [0.05, 0.1) is 13.2 Å². The van der Waals surface area contributed by atoms with Crippen LogP contribution in [-0.4, -0.2) is 19.8 Å². The summed E-state index contributed by atoms with van der Waals surface area (Å²) in [6.07, 6.45) is 2.17. The summed E-state index contributed by atoms with van der Waals surface area (Å²) in [7, 11) is 0. The molecule has 0 bridgehead atoms. The van der Waals surface area contributed by atoms with Gasteiger partial charge in [0.2, 0.25) is 0 Å². The van der Waals surface area contributed by atoms with Crippen LogP contribution >= 0.6 is 0 Å². The Kier molecular flexibility index (Phi) is 3.17. The van der Waals surface area contributed by atoms with Crippen LogP contribution in [0.2, 0.25) is 0 Å². The van der Waals surface area contributed by atoms with E-state index in [1.165, 1.54) is 11.1 Å². The largest absolute Gasteiger partial charge is 0.380 e. The van der Waals surface area contributed by atoms with E-state index < -0.39 is 0 Å². The van der Waals surface area contributed by atoms with Crippen LogP contribution in [0.15, 0.2) is 24.3 Å². The average Bonchev–Trinajstić information content (AvgIpc) is 2.14. The molecule has 0 amide bonds. The second kappa shape index (κ2) is 4.58. The normalized spacial score (nSPS) is 16.6. The number of benzene rings is 1. The van der Waals surface area contributed by atoms with Gasteiger partial charge in [0.15, 0.2) is 0 Å². The smallest absolute Gasteiger partial charge is 0.0557 e. The number of rotatable bonds is 4. The minimum absolute atomic E-state index is 0.629. The topological polar surface area (TPSA) is 35.2 Å². The molecule has 0 spiro atoms. The fourth-order valence-corrected chi connectivity index (χ4v) is 1.87. The highest BCUT2D eigenvalue weighted by Gasteiger charge is 2.22. The van der Waals surface area contributed by atoms with Crippen LogP contribution in [-0.2, 0) is 11.2 Å². The molecule has 0 aromatic heterocycles. The third kappa shape index (κ3) is 1.97. The van der Waals surface area contributed by atoms with Crippen LogP contribution in [0.25, 0.3) is 0 Å². The molecule has 0 atom stereocenters. The summed E-state index contributed by atoms with van der Waals surface area (Å²) in [5.41, 5.74) is 8.44. The first-order valence-electron chi connectivity index (χ1n) is 5.27. The second-order valence-corrected chi connectivity index (χ2v) is 3.83. The standard InChI is InChI=1S/C12H17NO/c13-7-3-5-10-4-1-2-6-12(10)11-8-14-9-11/h1-2,4,6,11H,3,5,7-9,13H2. The third-order valence-electron chi connectivity index (χ3n) is 2.78. The lowest BCUT2D eigenvalue weighted by molar-refractivity contribution is 0.00807. The Balaban J connectivity index is 2.11. The zero-order valence-electron chi connectivity index (χ0n) is 8.41. The monoisotopic (exact) mass is 191 g/mol. The molecule has 14 heavy (non-hydrogen) atoms. The van der Waals surface area contributed by atoms with E-state index in [-0.39, 0.29) is 0 Å². The maximum atomic E-state index is 5.52. The summed E-state index contributed by atoms with van der Waals surface area (Å²) in [5.74, 6) is 0.629. The average molecular weight is 191 g/mol. The van der Waals surface area contributed by atoms with Crippen molar-refractivity contribution in [1.82, 2.24) is 0 Å². The third-order valence-corrected chi connectivity index (χ3v) is 2.78. The quantitative estimate of drug-likeness (QED) is 0.786. The predicted octanol–water partition coefficient (Wildman–Crippen LogP) is 1.69. The van der Waals surface area contributed by atoms with Gasteiger partial charge in [-0.15, -0.1) is 0 Å². The van der Waals surface area contributed by atoms with Crippen molar-refractivity contribution in [3.63, 3.8) is 0 Å². The second-order valence-electron chi connectivity index (χ2n) is 3.83. The van der Waals surface area contributed by atoms with E-state index in [0.29, 0.717) is 5.92 Å². The number of aryl methyl sites for hydroxylation is 1. The number of hydrogen-bond acceptors (Lipinski definition) is 2. The van der Waals surface area contributed by atoms with E-state index in [2.05, 4.69) is 24.3 Å². The molecule has 0 aliphatic carbocycles. The van der Waals surface area contributed by atoms with E-state index in [1.54, 1.807) is 0 Å². The Morgan fingerprint density at radius 2 is 2.07 bits per heavy atom. The van der Waals surface area contributed by atoms with Crippen molar-refractivity contribution < 1.29 is 4.74 Å². The van der Waals surface area contributed by atoms with E-state index in [4.69, 9.17) is 10.5 Å². The zero-order chi connectivity index (χ0) is 9.80. The molecule has 0 radical (unpaired) electrons. The molecular formula is C12H17NO.